The molecule has 0 spiro atoms. The van der Waals surface area contributed by atoms with Crippen molar-refractivity contribution >= 4 is 21.5 Å². The molecule has 160 valence electrons. The summed E-state index contributed by atoms with van der Waals surface area (Å²) in [6.07, 6.45) is 1.67. The lowest BCUT2D eigenvalue weighted by Crippen LogP contribution is -2.35. The van der Waals surface area contributed by atoms with Gasteiger partial charge in [-0.05, 0) is 73.7 Å². The average molecular weight is 438 g/mol. The van der Waals surface area contributed by atoms with Gasteiger partial charge in [0.1, 0.15) is 5.82 Å². The predicted octanol–water partition coefficient (Wildman–Crippen LogP) is 5.01. The average Bonchev–Trinajstić information content (AvgIpc) is 2.73. The van der Waals surface area contributed by atoms with Crippen LogP contribution in [0.3, 0.4) is 0 Å². The fourth-order valence-corrected chi connectivity index (χ4v) is 5.62. The molecule has 0 unspecified atom stereocenters. The molecular weight excluding hydrogens is 413 g/mol. The zero-order valence-electron chi connectivity index (χ0n) is 17.6. The number of aryl methyl sites for hydroxylation is 3. The monoisotopic (exact) mass is 437 g/mol. The first-order chi connectivity index (χ1) is 14.8. The number of rotatable bonds is 5. The first kappa shape index (κ1) is 21.2. The van der Waals surface area contributed by atoms with E-state index in [1.54, 1.807) is 6.07 Å². The highest BCUT2D eigenvalue weighted by Gasteiger charge is 2.29. The standard InChI is InChI=1S/C25H24FNO3S/c1-17-5-12-23(18(2)14-17)25(28)16-19-6-7-20-4-3-13-27(24(20)15-19)31(29,30)22-10-8-21(26)9-11-22/h5-12,14-15H,3-4,13,16H2,1-2H3. The number of nitrogens with zero attached hydrogens (tertiary/aromatic N) is 1. The molecule has 0 radical (unpaired) electrons. The second-order valence-corrected chi connectivity index (χ2v) is 9.88. The molecule has 0 aromatic heterocycles. The van der Waals surface area contributed by atoms with E-state index in [-0.39, 0.29) is 17.1 Å². The van der Waals surface area contributed by atoms with E-state index in [1.807, 2.05) is 44.2 Å². The Kier molecular flexibility index (Phi) is 5.67. The van der Waals surface area contributed by atoms with Gasteiger partial charge in [0.2, 0.25) is 0 Å². The maximum absolute atomic E-state index is 13.3. The van der Waals surface area contributed by atoms with Gasteiger partial charge in [-0.2, -0.15) is 0 Å². The maximum Gasteiger partial charge on any atom is 0.264 e. The Bertz CT molecular complexity index is 1250. The summed E-state index contributed by atoms with van der Waals surface area (Å²) in [5, 5.41) is 0. The van der Waals surface area contributed by atoms with Crippen LogP contribution in [0.15, 0.2) is 65.6 Å². The van der Waals surface area contributed by atoms with Crippen molar-refractivity contribution in [2.75, 3.05) is 10.8 Å². The fourth-order valence-electron chi connectivity index (χ4n) is 4.09. The van der Waals surface area contributed by atoms with E-state index in [0.29, 0.717) is 24.2 Å². The van der Waals surface area contributed by atoms with Gasteiger partial charge in [-0.25, -0.2) is 12.8 Å². The van der Waals surface area contributed by atoms with Gasteiger partial charge >= 0.3 is 0 Å². The summed E-state index contributed by atoms with van der Waals surface area (Å²) in [6.45, 7) is 4.26. The summed E-state index contributed by atoms with van der Waals surface area (Å²) in [4.78, 5) is 12.9. The molecule has 3 aromatic carbocycles. The van der Waals surface area contributed by atoms with Crippen molar-refractivity contribution in [3.63, 3.8) is 0 Å². The highest BCUT2D eigenvalue weighted by atomic mass is 32.2. The van der Waals surface area contributed by atoms with Gasteiger partial charge in [0.15, 0.2) is 5.78 Å². The van der Waals surface area contributed by atoms with E-state index >= 15 is 0 Å². The van der Waals surface area contributed by atoms with E-state index < -0.39 is 15.8 Å². The molecule has 4 rings (SSSR count). The Hall–Kier alpha value is -2.99. The van der Waals surface area contributed by atoms with Crippen LogP contribution < -0.4 is 4.31 Å². The summed E-state index contributed by atoms with van der Waals surface area (Å²) in [5.74, 6) is -0.480. The van der Waals surface area contributed by atoms with Gasteiger partial charge < -0.3 is 0 Å². The Morgan fingerprint density at radius 1 is 1.00 bits per heavy atom. The van der Waals surface area contributed by atoms with Gasteiger partial charge in [-0.3, -0.25) is 9.10 Å². The molecule has 4 nitrogen and oxygen atoms in total. The van der Waals surface area contributed by atoms with Crippen molar-refractivity contribution in [2.24, 2.45) is 0 Å². The molecule has 0 bridgehead atoms. The third-order valence-electron chi connectivity index (χ3n) is 5.67. The number of hydrogen-bond acceptors (Lipinski definition) is 3. The minimum atomic E-state index is -3.82. The molecule has 0 fully saturated rings. The number of ketones is 1. The van der Waals surface area contributed by atoms with Crippen LogP contribution in [0.25, 0.3) is 0 Å². The van der Waals surface area contributed by atoms with Crippen molar-refractivity contribution in [2.45, 2.75) is 38.0 Å². The summed E-state index contributed by atoms with van der Waals surface area (Å²) >= 11 is 0. The smallest absolute Gasteiger partial charge is 0.264 e. The van der Waals surface area contributed by atoms with Crippen molar-refractivity contribution in [1.29, 1.82) is 0 Å². The Balaban J connectivity index is 1.66. The third kappa shape index (κ3) is 4.26. The van der Waals surface area contributed by atoms with Crippen molar-refractivity contribution in [3.8, 4) is 0 Å². The lowest BCUT2D eigenvalue weighted by molar-refractivity contribution is 0.0992. The summed E-state index contributed by atoms with van der Waals surface area (Å²) < 4.78 is 41.1. The second-order valence-electron chi connectivity index (χ2n) is 8.02. The Labute approximate surface area is 182 Å². The van der Waals surface area contributed by atoms with Crippen LogP contribution in [0.2, 0.25) is 0 Å². The fraction of sp³-hybridized carbons (Fsp3) is 0.240. The minimum absolute atomic E-state index is 0.00111. The number of sulfonamides is 1. The Morgan fingerprint density at radius 3 is 2.45 bits per heavy atom. The van der Waals surface area contributed by atoms with Gasteiger partial charge in [0.25, 0.3) is 10.0 Å². The summed E-state index contributed by atoms with van der Waals surface area (Å²) in [7, 11) is -3.82. The lowest BCUT2D eigenvalue weighted by Gasteiger charge is -2.31. The minimum Gasteiger partial charge on any atom is -0.294 e. The summed E-state index contributed by atoms with van der Waals surface area (Å²) in [6, 6.07) is 16.2. The molecule has 3 aromatic rings. The van der Waals surface area contributed by atoms with Gasteiger partial charge in [0, 0.05) is 18.5 Å². The van der Waals surface area contributed by atoms with Crippen LogP contribution in [-0.2, 0) is 22.9 Å². The first-order valence-electron chi connectivity index (χ1n) is 10.3. The summed E-state index contributed by atoms with van der Waals surface area (Å²) in [5.41, 5.74) is 5.01. The quantitative estimate of drug-likeness (QED) is 0.527. The van der Waals surface area contributed by atoms with Crippen LogP contribution in [0.5, 0.6) is 0 Å². The van der Waals surface area contributed by atoms with Gasteiger partial charge in [-0.15, -0.1) is 0 Å². The number of Topliss-reactive ketones (excluding diaryl/α,β-unsaturated/α-hetero) is 1. The highest BCUT2D eigenvalue weighted by Crippen LogP contribution is 2.33. The van der Waals surface area contributed by atoms with Crippen molar-refractivity contribution in [1.82, 2.24) is 0 Å². The number of carbonyl (C=O) groups is 1. The number of fused-ring (bicyclic) bond motifs is 1. The topological polar surface area (TPSA) is 54.5 Å². The normalized spacial score (nSPS) is 13.7. The van der Waals surface area contributed by atoms with Crippen LogP contribution in [0, 0.1) is 19.7 Å². The molecule has 1 aliphatic rings. The van der Waals surface area contributed by atoms with Crippen LogP contribution >= 0.6 is 0 Å². The number of halogens is 1. The van der Waals surface area contributed by atoms with Crippen LogP contribution in [0.4, 0.5) is 10.1 Å². The third-order valence-corrected chi connectivity index (χ3v) is 7.50. The molecule has 0 N–H and O–H groups in total. The van der Waals surface area contributed by atoms with Gasteiger partial charge in [0.05, 0.1) is 10.6 Å². The number of anilines is 1. The molecular formula is C25H24FNO3S. The van der Waals surface area contributed by atoms with Crippen molar-refractivity contribution < 1.29 is 17.6 Å². The first-order valence-corrected chi connectivity index (χ1v) is 11.7. The van der Waals surface area contributed by atoms with E-state index in [9.17, 15) is 17.6 Å². The maximum atomic E-state index is 13.3. The van der Waals surface area contributed by atoms with Crippen LogP contribution in [-0.4, -0.2) is 20.7 Å². The van der Waals surface area contributed by atoms with E-state index in [1.165, 1.54) is 16.4 Å². The number of hydrogen-bond donors (Lipinski definition) is 0. The van der Waals surface area contributed by atoms with E-state index in [0.717, 1.165) is 40.8 Å². The molecule has 6 heteroatoms. The predicted molar refractivity (Wildman–Crippen MR) is 120 cm³/mol. The number of carbonyl (C=O) groups excluding carboxylic acids is 1. The Morgan fingerprint density at radius 2 is 1.74 bits per heavy atom. The molecule has 0 atom stereocenters. The van der Waals surface area contributed by atoms with Crippen molar-refractivity contribution in [3.05, 3.63) is 94.3 Å². The molecule has 0 aliphatic carbocycles. The van der Waals surface area contributed by atoms with Gasteiger partial charge in [-0.1, -0.05) is 35.9 Å². The molecule has 0 saturated heterocycles. The number of benzene rings is 3. The molecule has 1 heterocycles. The van der Waals surface area contributed by atoms with E-state index in [4.69, 9.17) is 0 Å². The lowest BCUT2D eigenvalue weighted by atomic mass is 9.95. The molecule has 0 saturated carbocycles. The molecule has 0 amide bonds. The highest BCUT2D eigenvalue weighted by molar-refractivity contribution is 7.92. The van der Waals surface area contributed by atoms with Crippen LogP contribution in [0.1, 0.15) is 39.0 Å². The van der Waals surface area contributed by atoms with E-state index in [2.05, 4.69) is 0 Å². The zero-order chi connectivity index (χ0) is 22.2. The molecule has 1 aliphatic heterocycles. The SMILES string of the molecule is Cc1ccc(C(=O)Cc2ccc3c(c2)N(S(=O)(=O)c2ccc(F)cc2)CCC3)c(C)c1. The zero-order valence-corrected chi connectivity index (χ0v) is 18.4. The largest absolute Gasteiger partial charge is 0.294 e. The molecule has 31 heavy (non-hydrogen) atoms. The second kappa shape index (κ2) is 8.27.